The Morgan fingerprint density at radius 3 is 3.00 bits per heavy atom. The van der Waals surface area contributed by atoms with Gasteiger partial charge in [0.1, 0.15) is 11.6 Å². The molecule has 0 bridgehead atoms. The van der Waals surface area contributed by atoms with Crippen LogP contribution in [0.3, 0.4) is 0 Å². The number of aliphatic hydroxyl groups is 1. The van der Waals surface area contributed by atoms with Gasteiger partial charge in [-0.15, -0.1) is 0 Å². The summed E-state index contributed by atoms with van der Waals surface area (Å²) < 4.78 is 23.9. The molecule has 2 aromatic rings. The lowest BCUT2D eigenvalue weighted by Gasteiger charge is -2.12. The summed E-state index contributed by atoms with van der Waals surface area (Å²) >= 11 is 0. The molecule has 5 nitrogen and oxygen atoms in total. The van der Waals surface area contributed by atoms with Gasteiger partial charge in [-0.1, -0.05) is 5.16 Å². The zero-order chi connectivity index (χ0) is 14.1. The average molecular weight is 278 g/mol. The van der Waals surface area contributed by atoms with Crippen LogP contribution in [0.2, 0.25) is 0 Å². The zero-order valence-electron chi connectivity index (χ0n) is 11.0. The first kappa shape index (κ1) is 13.1. The molecule has 0 amide bonds. The molecule has 0 radical (unpaired) electrons. The van der Waals surface area contributed by atoms with Crippen molar-refractivity contribution < 1.29 is 18.8 Å². The number of nitrogens with zero attached hydrogens (tertiary/aromatic N) is 2. The van der Waals surface area contributed by atoms with E-state index < -0.39 is 11.9 Å². The van der Waals surface area contributed by atoms with Crippen LogP contribution in [0.15, 0.2) is 22.7 Å². The van der Waals surface area contributed by atoms with Crippen molar-refractivity contribution in [3.8, 4) is 5.75 Å². The highest BCUT2D eigenvalue weighted by molar-refractivity contribution is 5.35. The molecule has 1 aliphatic carbocycles. The minimum Gasteiger partial charge on any atom is -0.485 e. The lowest BCUT2D eigenvalue weighted by Crippen LogP contribution is -2.03. The van der Waals surface area contributed by atoms with Crippen LogP contribution in [-0.2, 0) is 6.61 Å². The van der Waals surface area contributed by atoms with Gasteiger partial charge in [-0.2, -0.15) is 4.98 Å². The van der Waals surface area contributed by atoms with Crippen LogP contribution in [0.1, 0.15) is 49.1 Å². The van der Waals surface area contributed by atoms with Crippen LogP contribution in [0.5, 0.6) is 5.75 Å². The van der Waals surface area contributed by atoms with Crippen molar-refractivity contribution in [1.29, 1.82) is 0 Å². The molecule has 1 aromatic heterocycles. The van der Waals surface area contributed by atoms with Gasteiger partial charge in [0.05, 0.1) is 6.10 Å². The second-order valence-corrected chi connectivity index (χ2v) is 4.97. The van der Waals surface area contributed by atoms with Crippen molar-refractivity contribution in [1.82, 2.24) is 10.1 Å². The summed E-state index contributed by atoms with van der Waals surface area (Å²) in [7, 11) is 0. The molecular weight excluding hydrogens is 263 g/mol. The van der Waals surface area contributed by atoms with E-state index in [1.54, 1.807) is 6.92 Å². The van der Waals surface area contributed by atoms with Gasteiger partial charge in [0.15, 0.2) is 6.61 Å². The Morgan fingerprint density at radius 1 is 1.50 bits per heavy atom. The number of benzene rings is 1. The standard InChI is InChI=1S/C14H15FN2O3/c1-8(18)11-5-4-10(15)6-12(11)19-7-13-16-14(20-17-13)9-2-3-9/h4-6,8-9,18H,2-3,7H2,1H3. The molecule has 1 atom stereocenters. The van der Waals surface area contributed by atoms with Crippen molar-refractivity contribution >= 4 is 0 Å². The van der Waals surface area contributed by atoms with E-state index >= 15 is 0 Å². The van der Waals surface area contributed by atoms with E-state index in [-0.39, 0.29) is 12.4 Å². The molecular formula is C14H15FN2O3. The van der Waals surface area contributed by atoms with Crippen LogP contribution < -0.4 is 4.74 Å². The summed E-state index contributed by atoms with van der Waals surface area (Å²) in [5, 5.41) is 13.4. The molecule has 1 fully saturated rings. The molecule has 0 aliphatic heterocycles. The number of ether oxygens (including phenoxy) is 1. The maximum Gasteiger partial charge on any atom is 0.229 e. The van der Waals surface area contributed by atoms with Gasteiger partial charge in [-0.25, -0.2) is 4.39 Å². The fourth-order valence-corrected chi connectivity index (χ4v) is 1.94. The van der Waals surface area contributed by atoms with E-state index in [0.717, 1.165) is 12.8 Å². The van der Waals surface area contributed by atoms with Gasteiger partial charge in [0, 0.05) is 17.5 Å². The molecule has 3 rings (SSSR count). The number of aliphatic hydroxyl groups excluding tert-OH is 1. The lowest BCUT2D eigenvalue weighted by atomic mass is 10.1. The summed E-state index contributed by atoms with van der Waals surface area (Å²) in [5.41, 5.74) is 0.525. The monoisotopic (exact) mass is 278 g/mol. The van der Waals surface area contributed by atoms with E-state index in [1.165, 1.54) is 18.2 Å². The Bertz CT molecular complexity index is 608. The first-order valence-corrected chi connectivity index (χ1v) is 6.56. The first-order chi connectivity index (χ1) is 9.63. The maximum atomic E-state index is 13.2. The Kier molecular flexibility index (Phi) is 3.40. The molecule has 106 valence electrons. The number of rotatable bonds is 5. The molecule has 1 saturated carbocycles. The van der Waals surface area contributed by atoms with Crippen molar-refractivity contribution in [2.24, 2.45) is 0 Å². The Balaban J connectivity index is 1.71. The van der Waals surface area contributed by atoms with Crippen molar-refractivity contribution in [2.75, 3.05) is 0 Å². The fraction of sp³-hybridized carbons (Fsp3) is 0.429. The van der Waals surface area contributed by atoms with Crippen molar-refractivity contribution in [2.45, 2.75) is 38.4 Å². The SMILES string of the molecule is CC(O)c1ccc(F)cc1OCc1noc(C2CC2)n1. The molecule has 1 aliphatic rings. The zero-order valence-corrected chi connectivity index (χ0v) is 11.0. The quantitative estimate of drug-likeness (QED) is 0.910. The topological polar surface area (TPSA) is 68.4 Å². The second-order valence-electron chi connectivity index (χ2n) is 4.97. The van der Waals surface area contributed by atoms with E-state index in [1.807, 2.05) is 0 Å². The van der Waals surface area contributed by atoms with Gasteiger partial charge < -0.3 is 14.4 Å². The number of aromatic nitrogens is 2. The number of halogens is 1. The molecule has 1 aromatic carbocycles. The van der Waals surface area contributed by atoms with Gasteiger partial charge in [-0.05, 0) is 31.9 Å². The third-order valence-electron chi connectivity index (χ3n) is 3.19. The molecule has 1 unspecified atom stereocenters. The molecule has 1 heterocycles. The highest BCUT2D eigenvalue weighted by Crippen LogP contribution is 2.38. The largest absolute Gasteiger partial charge is 0.485 e. The minimum atomic E-state index is -0.738. The van der Waals surface area contributed by atoms with Crippen LogP contribution in [0.4, 0.5) is 4.39 Å². The van der Waals surface area contributed by atoms with Crippen molar-refractivity contribution in [3.05, 3.63) is 41.3 Å². The van der Waals surface area contributed by atoms with Crippen LogP contribution >= 0.6 is 0 Å². The third kappa shape index (κ3) is 2.80. The predicted octanol–water partition coefficient (Wildman–Crippen LogP) is 2.72. The summed E-state index contributed by atoms with van der Waals surface area (Å²) in [5.74, 6) is 1.32. The summed E-state index contributed by atoms with van der Waals surface area (Å²) in [4.78, 5) is 4.23. The van der Waals surface area contributed by atoms with E-state index in [0.29, 0.717) is 23.2 Å². The number of hydrogen-bond acceptors (Lipinski definition) is 5. The van der Waals surface area contributed by atoms with Gasteiger partial charge in [0.2, 0.25) is 11.7 Å². The Labute approximate surface area is 115 Å². The Hall–Kier alpha value is -1.95. The summed E-state index contributed by atoms with van der Waals surface area (Å²) in [6.07, 6.45) is 1.43. The Morgan fingerprint density at radius 2 is 2.30 bits per heavy atom. The lowest BCUT2D eigenvalue weighted by molar-refractivity contribution is 0.189. The summed E-state index contributed by atoms with van der Waals surface area (Å²) in [6, 6.07) is 4.03. The minimum absolute atomic E-state index is 0.0827. The normalized spacial score (nSPS) is 16.1. The molecule has 6 heteroatoms. The summed E-state index contributed by atoms with van der Waals surface area (Å²) in [6.45, 7) is 1.68. The molecule has 0 spiro atoms. The van der Waals surface area contributed by atoms with E-state index in [9.17, 15) is 9.50 Å². The van der Waals surface area contributed by atoms with E-state index in [2.05, 4.69) is 10.1 Å². The number of hydrogen-bond donors (Lipinski definition) is 1. The molecule has 1 N–H and O–H groups in total. The predicted molar refractivity (Wildman–Crippen MR) is 67.6 cm³/mol. The van der Waals surface area contributed by atoms with E-state index in [4.69, 9.17) is 9.26 Å². The molecule has 0 saturated heterocycles. The highest BCUT2D eigenvalue weighted by atomic mass is 19.1. The van der Waals surface area contributed by atoms with Gasteiger partial charge in [-0.3, -0.25) is 0 Å². The smallest absolute Gasteiger partial charge is 0.229 e. The van der Waals surface area contributed by atoms with Crippen molar-refractivity contribution in [3.63, 3.8) is 0 Å². The highest BCUT2D eigenvalue weighted by Gasteiger charge is 2.29. The second kappa shape index (κ2) is 5.20. The van der Waals surface area contributed by atoms with Crippen LogP contribution in [-0.4, -0.2) is 15.2 Å². The molecule has 20 heavy (non-hydrogen) atoms. The van der Waals surface area contributed by atoms with Crippen LogP contribution in [0.25, 0.3) is 0 Å². The fourth-order valence-electron chi connectivity index (χ4n) is 1.94. The maximum absolute atomic E-state index is 13.2. The average Bonchev–Trinajstić information content (AvgIpc) is 3.15. The first-order valence-electron chi connectivity index (χ1n) is 6.56. The third-order valence-corrected chi connectivity index (χ3v) is 3.19. The van der Waals surface area contributed by atoms with Gasteiger partial charge in [0.25, 0.3) is 0 Å². The van der Waals surface area contributed by atoms with Crippen LogP contribution in [0, 0.1) is 5.82 Å². The van der Waals surface area contributed by atoms with Gasteiger partial charge >= 0.3 is 0 Å².